The number of hydrogen-bond donors (Lipinski definition) is 1. The van der Waals surface area contributed by atoms with Crippen molar-refractivity contribution in [1.29, 1.82) is 0 Å². The second-order valence-corrected chi connectivity index (χ2v) is 6.46. The lowest BCUT2D eigenvalue weighted by Gasteiger charge is -2.25. The summed E-state index contributed by atoms with van der Waals surface area (Å²) in [6, 6.07) is 8.95. The van der Waals surface area contributed by atoms with Gasteiger partial charge in [0, 0.05) is 50.7 Å². The third-order valence-corrected chi connectivity index (χ3v) is 4.80. The molecule has 2 heterocycles. The Kier molecular flexibility index (Phi) is 4.84. The van der Waals surface area contributed by atoms with Crippen LogP contribution in [0.1, 0.15) is 31.7 Å². The predicted octanol–water partition coefficient (Wildman–Crippen LogP) is 1.57. The fraction of sp³-hybridized carbons (Fsp3) is 0.556. The van der Waals surface area contributed by atoms with Crippen LogP contribution >= 0.6 is 0 Å². The van der Waals surface area contributed by atoms with Gasteiger partial charge in [-0.3, -0.25) is 9.59 Å². The number of fused-ring (bicyclic) bond motifs is 1. The third kappa shape index (κ3) is 3.66. The van der Waals surface area contributed by atoms with E-state index in [1.165, 1.54) is 11.3 Å². The van der Waals surface area contributed by atoms with Crippen molar-refractivity contribution in [2.75, 3.05) is 31.1 Å². The second kappa shape index (κ2) is 7.02. The highest BCUT2D eigenvalue weighted by Crippen LogP contribution is 2.31. The highest BCUT2D eigenvalue weighted by atomic mass is 16.2. The number of carbonyl (C=O) groups is 2. The molecular weight excluding hydrogens is 290 g/mol. The Hall–Kier alpha value is -2.04. The van der Waals surface area contributed by atoms with E-state index >= 15 is 0 Å². The fourth-order valence-electron chi connectivity index (χ4n) is 3.55. The highest BCUT2D eigenvalue weighted by Gasteiger charge is 2.25. The van der Waals surface area contributed by atoms with E-state index in [-0.39, 0.29) is 11.8 Å². The summed E-state index contributed by atoms with van der Waals surface area (Å²) in [6.07, 6.45) is 3.03. The number of nitrogens with one attached hydrogen (secondary N) is 1. The molecule has 0 bridgehead atoms. The Bertz CT molecular complexity index is 587. The van der Waals surface area contributed by atoms with Gasteiger partial charge in [-0.15, -0.1) is 0 Å². The molecule has 1 fully saturated rings. The maximum Gasteiger partial charge on any atom is 0.222 e. The average molecular weight is 315 g/mol. The third-order valence-electron chi connectivity index (χ3n) is 4.80. The van der Waals surface area contributed by atoms with Crippen LogP contribution in [0.3, 0.4) is 0 Å². The van der Waals surface area contributed by atoms with Crippen molar-refractivity contribution in [3.8, 4) is 0 Å². The Balaban J connectivity index is 1.41. The number of para-hydroxylation sites is 1. The number of hydrogen-bond acceptors (Lipinski definition) is 3. The molecule has 2 aliphatic heterocycles. The van der Waals surface area contributed by atoms with Crippen molar-refractivity contribution < 1.29 is 9.59 Å². The largest absolute Gasteiger partial charge is 0.367 e. The van der Waals surface area contributed by atoms with Crippen molar-refractivity contribution >= 4 is 17.5 Å². The molecule has 1 atom stereocenters. The van der Waals surface area contributed by atoms with Gasteiger partial charge in [0.15, 0.2) is 0 Å². The highest BCUT2D eigenvalue weighted by molar-refractivity contribution is 5.80. The molecule has 2 amide bonds. The molecule has 1 saturated heterocycles. The van der Waals surface area contributed by atoms with Gasteiger partial charge in [-0.1, -0.05) is 18.2 Å². The molecule has 0 aliphatic carbocycles. The summed E-state index contributed by atoms with van der Waals surface area (Å²) in [4.78, 5) is 27.6. The van der Waals surface area contributed by atoms with Crippen LogP contribution in [0.5, 0.6) is 0 Å². The Labute approximate surface area is 137 Å². The fourth-order valence-corrected chi connectivity index (χ4v) is 3.55. The molecule has 23 heavy (non-hydrogen) atoms. The van der Waals surface area contributed by atoms with Crippen LogP contribution in [0.15, 0.2) is 24.3 Å². The second-order valence-electron chi connectivity index (χ2n) is 6.46. The minimum Gasteiger partial charge on any atom is -0.367 e. The standard InChI is InChI=1S/C18H25N3O2/c1-14-13-15-5-2-3-6-16(15)21(14)12-9-19-17(22)8-11-20-10-4-7-18(20)23/h2-3,5-6,14H,4,7-13H2,1H3,(H,19,22). The molecule has 0 aromatic heterocycles. The molecule has 0 saturated carbocycles. The predicted molar refractivity (Wildman–Crippen MR) is 90.4 cm³/mol. The number of rotatable bonds is 6. The minimum atomic E-state index is 0.0323. The summed E-state index contributed by atoms with van der Waals surface area (Å²) >= 11 is 0. The van der Waals surface area contributed by atoms with Crippen molar-refractivity contribution in [3.05, 3.63) is 29.8 Å². The lowest BCUT2D eigenvalue weighted by atomic mass is 10.1. The summed E-state index contributed by atoms with van der Waals surface area (Å²) in [5.41, 5.74) is 2.68. The van der Waals surface area contributed by atoms with Gasteiger partial charge < -0.3 is 15.1 Å². The van der Waals surface area contributed by atoms with E-state index in [2.05, 4.69) is 41.4 Å². The van der Waals surface area contributed by atoms with E-state index in [9.17, 15) is 9.59 Å². The van der Waals surface area contributed by atoms with Crippen molar-refractivity contribution in [1.82, 2.24) is 10.2 Å². The zero-order valence-corrected chi connectivity index (χ0v) is 13.8. The smallest absolute Gasteiger partial charge is 0.222 e. The van der Waals surface area contributed by atoms with Crippen LogP contribution < -0.4 is 10.2 Å². The quantitative estimate of drug-likeness (QED) is 0.867. The first kappa shape index (κ1) is 15.8. The van der Waals surface area contributed by atoms with E-state index in [1.807, 2.05) is 0 Å². The van der Waals surface area contributed by atoms with Gasteiger partial charge in [0.25, 0.3) is 0 Å². The van der Waals surface area contributed by atoms with Gasteiger partial charge >= 0.3 is 0 Å². The molecule has 5 heteroatoms. The zero-order valence-electron chi connectivity index (χ0n) is 13.8. The van der Waals surface area contributed by atoms with Crippen LogP contribution in [0.2, 0.25) is 0 Å². The maximum atomic E-state index is 11.9. The summed E-state index contributed by atoms with van der Waals surface area (Å²) in [7, 11) is 0. The van der Waals surface area contributed by atoms with Gasteiger partial charge in [-0.05, 0) is 31.4 Å². The van der Waals surface area contributed by atoms with Gasteiger partial charge in [0.1, 0.15) is 0 Å². The first-order valence-corrected chi connectivity index (χ1v) is 8.54. The van der Waals surface area contributed by atoms with Crippen LogP contribution in [-0.4, -0.2) is 48.9 Å². The molecule has 1 unspecified atom stereocenters. The van der Waals surface area contributed by atoms with Crippen LogP contribution in [0.4, 0.5) is 5.69 Å². The van der Waals surface area contributed by atoms with Crippen LogP contribution in [0.25, 0.3) is 0 Å². The van der Waals surface area contributed by atoms with Gasteiger partial charge in [-0.25, -0.2) is 0 Å². The number of likely N-dealkylation sites (tertiary alicyclic amines) is 1. The number of carbonyl (C=O) groups excluding carboxylic acids is 2. The Morgan fingerprint density at radius 2 is 2.13 bits per heavy atom. The first-order valence-electron chi connectivity index (χ1n) is 8.54. The molecule has 2 aliphatic rings. The molecule has 0 spiro atoms. The topological polar surface area (TPSA) is 52.7 Å². The number of benzene rings is 1. The summed E-state index contributed by atoms with van der Waals surface area (Å²) in [6.45, 7) is 5.04. The lowest BCUT2D eigenvalue weighted by molar-refractivity contribution is -0.128. The first-order chi connectivity index (χ1) is 11.1. The molecule has 1 N–H and O–H groups in total. The molecule has 1 aromatic rings. The minimum absolute atomic E-state index is 0.0323. The lowest BCUT2D eigenvalue weighted by Crippen LogP contribution is -2.38. The maximum absolute atomic E-state index is 11.9. The Morgan fingerprint density at radius 1 is 1.30 bits per heavy atom. The molecule has 5 nitrogen and oxygen atoms in total. The van der Waals surface area contributed by atoms with E-state index in [1.54, 1.807) is 4.90 Å². The zero-order chi connectivity index (χ0) is 16.2. The van der Waals surface area contributed by atoms with Gasteiger partial charge in [0.2, 0.25) is 11.8 Å². The van der Waals surface area contributed by atoms with Crippen LogP contribution in [0, 0.1) is 0 Å². The Morgan fingerprint density at radius 3 is 2.91 bits per heavy atom. The number of nitrogens with zero attached hydrogens (tertiary/aromatic N) is 2. The van der Waals surface area contributed by atoms with E-state index < -0.39 is 0 Å². The van der Waals surface area contributed by atoms with Gasteiger partial charge in [-0.2, -0.15) is 0 Å². The summed E-state index contributed by atoms with van der Waals surface area (Å²) < 4.78 is 0. The average Bonchev–Trinajstić information content (AvgIpc) is 3.09. The molecule has 124 valence electrons. The summed E-state index contributed by atoms with van der Waals surface area (Å²) in [5, 5.41) is 2.98. The number of anilines is 1. The van der Waals surface area contributed by atoms with Crippen molar-refractivity contribution in [2.45, 2.75) is 38.6 Å². The molecular formula is C18H25N3O2. The SMILES string of the molecule is CC1Cc2ccccc2N1CCNC(=O)CCN1CCCC1=O. The van der Waals surface area contributed by atoms with Crippen LogP contribution in [-0.2, 0) is 16.0 Å². The summed E-state index contributed by atoms with van der Waals surface area (Å²) in [5.74, 6) is 0.213. The number of amides is 2. The molecule has 1 aromatic carbocycles. The van der Waals surface area contributed by atoms with E-state index in [4.69, 9.17) is 0 Å². The molecule has 3 rings (SSSR count). The molecule has 0 radical (unpaired) electrons. The van der Waals surface area contributed by atoms with Crippen molar-refractivity contribution in [2.24, 2.45) is 0 Å². The van der Waals surface area contributed by atoms with E-state index in [0.717, 1.165) is 25.9 Å². The van der Waals surface area contributed by atoms with Crippen molar-refractivity contribution in [3.63, 3.8) is 0 Å². The van der Waals surface area contributed by atoms with E-state index in [0.29, 0.717) is 32.0 Å². The van der Waals surface area contributed by atoms with Gasteiger partial charge in [0.05, 0.1) is 0 Å². The normalized spacial score (nSPS) is 20.0. The monoisotopic (exact) mass is 315 g/mol.